The highest BCUT2D eigenvalue weighted by atomic mass is 16.5. The van der Waals surface area contributed by atoms with Gasteiger partial charge in [-0.1, -0.05) is 20.8 Å². The van der Waals surface area contributed by atoms with Gasteiger partial charge in [-0.25, -0.2) is 0 Å². The second-order valence-electron chi connectivity index (χ2n) is 4.12. The maximum Gasteiger partial charge on any atom is 0.0645 e. The molecule has 0 heterocycles. The first-order valence-electron chi connectivity index (χ1n) is 5.57. The summed E-state index contributed by atoms with van der Waals surface area (Å²) in [6.45, 7) is 10.1. The summed E-state index contributed by atoms with van der Waals surface area (Å²) in [5.74, 6) is 0.528. The highest BCUT2D eigenvalue weighted by molar-refractivity contribution is 4.65. The van der Waals surface area contributed by atoms with Gasteiger partial charge >= 0.3 is 0 Å². The van der Waals surface area contributed by atoms with Crippen LogP contribution in [-0.4, -0.2) is 37.0 Å². The fourth-order valence-electron chi connectivity index (χ4n) is 0.985. The van der Waals surface area contributed by atoms with Crippen LogP contribution in [0.4, 0.5) is 0 Å². The van der Waals surface area contributed by atoms with E-state index in [2.05, 4.69) is 33.0 Å². The number of rotatable bonds is 8. The Kier molecular flexibility index (Phi) is 8.14. The zero-order chi connectivity index (χ0) is 11.0. The molecule has 0 saturated carbocycles. The Balaban J connectivity index is 3.60. The standard InChI is InChI=1S/C11H25NO2/c1-5-6-12-11(7-13)8-14-10(4)9(2)3/h9-13H,5-8H2,1-4H3. The van der Waals surface area contributed by atoms with Crippen molar-refractivity contribution in [1.82, 2.24) is 5.32 Å². The Labute approximate surface area is 87.8 Å². The minimum Gasteiger partial charge on any atom is -0.395 e. The summed E-state index contributed by atoms with van der Waals surface area (Å²) in [7, 11) is 0. The highest BCUT2D eigenvalue weighted by Crippen LogP contribution is 2.05. The minimum absolute atomic E-state index is 0.0798. The summed E-state index contributed by atoms with van der Waals surface area (Å²) in [4.78, 5) is 0. The molecule has 0 aliphatic heterocycles. The minimum atomic E-state index is 0.0798. The van der Waals surface area contributed by atoms with Crippen LogP contribution in [-0.2, 0) is 4.74 Å². The van der Waals surface area contributed by atoms with E-state index in [-0.39, 0.29) is 18.8 Å². The Hall–Kier alpha value is -0.120. The lowest BCUT2D eigenvalue weighted by Gasteiger charge is -2.21. The smallest absolute Gasteiger partial charge is 0.0645 e. The van der Waals surface area contributed by atoms with Crippen LogP contribution >= 0.6 is 0 Å². The molecule has 0 aliphatic rings. The summed E-state index contributed by atoms with van der Waals surface area (Å²) in [5, 5.41) is 12.3. The zero-order valence-electron chi connectivity index (χ0n) is 9.92. The fourth-order valence-corrected chi connectivity index (χ4v) is 0.985. The van der Waals surface area contributed by atoms with Gasteiger partial charge in [-0.3, -0.25) is 0 Å². The van der Waals surface area contributed by atoms with Gasteiger partial charge in [0.05, 0.1) is 25.4 Å². The lowest BCUT2D eigenvalue weighted by atomic mass is 10.1. The average Bonchev–Trinajstić information content (AvgIpc) is 2.17. The predicted molar refractivity (Wildman–Crippen MR) is 59.4 cm³/mol. The Morgan fingerprint density at radius 1 is 1.29 bits per heavy atom. The molecular formula is C11H25NO2. The molecule has 2 N–H and O–H groups in total. The van der Waals surface area contributed by atoms with Gasteiger partial charge in [0, 0.05) is 0 Å². The van der Waals surface area contributed by atoms with Gasteiger partial charge in [-0.2, -0.15) is 0 Å². The molecule has 0 saturated heterocycles. The predicted octanol–water partition coefficient (Wildman–Crippen LogP) is 1.41. The third-order valence-electron chi connectivity index (χ3n) is 2.40. The number of nitrogens with one attached hydrogen (secondary N) is 1. The van der Waals surface area contributed by atoms with Crippen molar-refractivity contribution in [3.05, 3.63) is 0 Å². The van der Waals surface area contributed by atoms with E-state index in [1.807, 2.05) is 0 Å². The molecule has 0 aliphatic carbocycles. The molecule has 3 heteroatoms. The van der Waals surface area contributed by atoms with Crippen molar-refractivity contribution in [2.24, 2.45) is 5.92 Å². The number of ether oxygens (including phenoxy) is 1. The van der Waals surface area contributed by atoms with E-state index in [1.165, 1.54) is 0 Å². The van der Waals surface area contributed by atoms with Crippen LogP contribution in [0.2, 0.25) is 0 Å². The SMILES string of the molecule is CCCNC(CO)COC(C)C(C)C. The van der Waals surface area contributed by atoms with Crippen molar-refractivity contribution in [3.63, 3.8) is 0 Å². The summed E-state index contributed by atoms with van der Waals surface area (Å²) in [5.41, 5.74) is 0. The second-order valence-corrected chi connectivity index (χ2v) is 4.12. The van der Waals surface area contributed by atoms with E-state index in [0.717, 1.165) is 13.0 Å². The van der Waals surface area contributed by atoms with E-state index >= 15 is 0 Å². The third-order valence-corrected chi connectivity index (χ3v) is 2.40. The molecule has 14 heavy (non-hydrogen) atoms. The molecule has 86 valence electrons. The summed E-state index contributed by atoms with van der Waals surface area (Å²) in [6, 6.07) is 0.0798. The van der Waals surface area contributed by atoms with Gasteiger partial charge in [-0.05, 0) is 25.8 Å². The zero-order valence-corrected chi connectivity index (χ0v) is 9.92. The lowest BCUT2D eigenvalue weighted by molar-refractivity contribution is 0.0129. The van der Waals surface area contributed by atoms with Crippen molar-refractivity contribution in [1.29, 1.82) is 0 Å². The molecule has 0 fully saturated rings. The van der Waals surface area contributed by atoms with Gasteiger partial charge in [0.2, 0.25) is 0 Å². The van der Waals surface area contributed by atoms with Crippen molar-refractivity contribution >= 4 is 0 Å². The first-order valence-corrected chi connectivity index (χ1v) is 5.57. The summed E-state index contributed by atoms with van der Waals surface area (Å²) in [6.07, 6.45) is 1.34. The van der Waals surface area contributed by atoms with Crippen LogP contribution in [0.3, 0.4) is 0 Å². The van der Waals surface area contributed by atoms with E-state index in [4.69, 9.17) is 9.84 Å². The maximum atomic E-state index is 9.06. The van der Waals surface area contributed by atoms with E-state index in [1.54, 1.807) is 0 Å². The first-order chi connectivity index (χ1) is 6.61. The van der Waals surface area contributed by atoms with Crippen molar-refractivity contribution < 1.29 is 9.84 Å². The molecule has 0 rings (SSSR count). The molecule has 0 bridgehead atoms. The van der Waals surface area contributed by atoms with Gasteiger partial charge < -0.3 is 15.2 Å². The quantitative estimate of drug-likeness (QED) is 0.626. The Bertz CT molecular complexity index is 128. The first kappa shape index (κ1) is 13.9. The summed E-state index contributed by atoms with van der Waals surface area (Å²) < 4.78 is 5.63. The second kappa shape index (κ2) is 8.21. The average molecular weight is 203 g/mol. The lowest BCUT2D eigenvalue weighted by Crippen LogP contribution is -2.38. The van der Waals surface area contributed by atoms with E-state index < -0.39 is 0 Å². The van der Waals surface area contributed by atoms with Crippen LogP contribution in [0.5, 0.6) is 0 Å². The maximum absolute atomic E-state index is 9.06. The molecule has 0 amide bonds. The van der Waals surface area contributed by atoms with Gasteiger partial charge in [0.25, 0.3) is 0 Å². The number of hydrogen-bond acceptors (Lipinski definition) is 3. The van der Waals surface area contributed by atoms with Gasteiger partial charge in [0.1, 0.15) is 0 Å². The topological polar surface area (TPSA) is 41.5 Å². The number of aliphatic hydroxyl groups excluding tert-OH is 1. The fraction of sp³-hybridized carbons (Fsp3) is 1.00. The highest BCUT2D eigenvalue weighted by Gasteiger charge is 2.11. The number of hydrogen-bond donors (Lipinski definition) is 2. The monoisotopic (exact) mass is 203 g/mol. The van der Waals surface area contributed by atoms with E-state index in [9.17, 15) is 0 Å². The van der Waals surface area contributed by atoms with Crippen molar-refractivity contribution in [3.8, 4) is 0 Å². The number of aliphatic hydroxyl groups is 1. The molecule has 0 aromatic carbocycles. The molecule has 0 radical (unpaired) electrons. The van der Waals surface area contributed by atoms with Gasteiger partial charge in [-0.15, -0.1) is 0 Å². The Morgan fingerprint density at radius 3 is 2.36 bits per heavy atom. The van der Waals surface area contributed by atoms with Crippen molar-refractivity contribution in [2.75, 3.05) is 19.8 Å². The largest absolute Gasteiger partial charge is 0.395 e. The normalized spacial score (nSPS) is 15.9. The molecule has 0 aromatic heterocycles. The van der Waals surface area contributed by atoms with Gasteiger partial charge in [0.15, 0.2) is 0 Å². The van der Waals surface area contributed by atoms with Crippen LogP contribution in [0.1, 0.15) is 34.1 Å². The molecule has 2 unspecified atom stereocenters. The molecule has 3 nitrogen and oxygen atoms in total. The summed E-state index contributed by atoms with van der Waals surface area (Å²) >= 11 is 0. The third kappa shape index (κ3) is 6.35. The van der Waals surface area contributed by atoms with Crippen molar-refractivity contribution in [2.45, 2.75) is 46.3 Å². The van der Waals surface area contributed by atoms with Crippen LogP contribution in [0, 0.1) is 5.92 Å². The molecule has 2 atom stereocenters. The molecular weight excluding hydrogens is 178 g/mol. The van der Waals surface area contributed by atoms with Crippen LogP contribution in [0.25, 0.3) is 0 Å². The van der Waals surface area contributed by atoms with Crippen LogP contribution < -0.4 is 5.32 Å². The van der Waals surface area contributed by atoms with E-state index in [0.29, 0.717) is 12.5 Å². The molecule has 0 spiro atoms. The Morgan fingerprint density at radius 2 is 1.93 bits per heavy atom. The van der Waals surface area contributed by atoms with Crippen LogP contribution in [0.15, 0.2) is 0 Å². The molecule has 0 aromatic rings.